The molecule has 1 aromatic carbocycles. The van der Waals surface area contributed by atoms with Crippen LogP contribution < -0.4 is 10.1 Å². The molecule has 0 saturated carbocycles. The van der Waals surface area contributed by atoms with Crippen molar-refractivity contribution in [2.45, 2.75) is 0 Å². The summed E-state index contributed by atoms with van der Waals surface area (Å²) in [5.74, 6) is 1.25. The lowest BCUT2D eigenvalue weighted by molar-refractivity contribution is 0.417. The van der Waals surface area contributed by atoms with Gasteiger partial charge in [-0.1, -0.05) is 17.7 Å². The van der Waals surface area contributed by atoms with E-state index in [-0.39, 0.29) is 0 Å². The molecular formula is C18H13ClN6O. The molecule has 128 valence electrons. The fourth-order valence-corrected chi connectivity index (χ4v) is 2.88. The molecule has 4 aromatic rings. The number of benzene rings is 1. The van der Waals surface area contributed by atoms with Crippen molar-refractivity contribution in [3.8, 4) is 23.2 Å². The average molecular weight is 365 g/mol. The van der Waals surface area contributed by atoms with Crippen molar-refractivity contribution < 1.29 is 4.74 Å². The lowest BCUT2D eigenvalue weighted by Gasteiger charge is -2.12. The first-order valence-corrected chi connectivity index (χ1v) is 8.11. The van der Waals surface area contributed by atoms with Crippen LogP contribution in [0.1, 0.15) is 5.56 Å². The first-order valence-electron chi connectivity index (χ1n) is 7.73. The summed E-state index contributed by atoms with van der Waals surface area (Å²) in [5, 5.41) is 16.2. The van der Waals surface area contributed by atoms with E-state index in [0.29, 0.717) is 44.9 Å². The molecule has 0 saturated heterocycles. The van der Waals surface area contributed by atoms with Gasteiger partial charge in [-0.05, 0) is 30.3 Å². The van der Waals surface area contributed by atoms with Gasteiger partial charge in [0.1, 0.15) is 23.1 Å². The molecule has 0 radical (unpaired) electrons. The van der Waals surface area contributed by atoms with Crippen LogP contribution in [0.2, 0.25) is 5.02 Å². The maximum atomic E-state index is 9.31. The zero-order chi connectivity index (χ0) is 18.1. The molecule has 0 aliphatic heterocycles. The quantitative estimate of drug-likeness (QED) is 0.571. The average Bonchev–Trinajstić information content (AvgIpc) is 3.22. The number of fused-ring (bicyclic) bond motifs is 1. The van der Waals surface area contributed by atoms with E-state index in [4.69, 9.17) is 16.3 Å². The highest BCUT2D eigenvalue weighted by Gasteiger charge is 2.20. The smallest absolute Gasteiger partial charge is 0.173 e. The summed E-state index contributed by atoms with van der Waals surface area (Å²) in [6.45, 7) is 0. The fourth-order valence-electron chi connectivity index (χ4n) is 2.70. The van der Waals surface area contributed by atoms with Gasteiger partial charge in [-0.2, -0.15) is 5.26 Å². The number of methoxy groups -OCH3 is 1. The number of anilines is 2. The standard InChI is InChI=1S/C18H13ClN6O/c1-26-15-6-5-12(19)8-14(15)23-18-16(13-4-2-3-7-21-13)24-17-11(9-20)10-22-25(17)18/h2-8,10,22-23H,1H3. The molecule has 0 aliphatic carbocycles. The molecule has 8 heteroatoms. The summed E-state index contributed by atoms with van der Waals surface area (Å²) in [4.78, 5) is 8.97. The number of nitriles is 1. The minimum absolute atomic E-state index is 0.438. The van der Waals surface area contributed by atoms with E-state index in [1.165, 1.54) is 0 Å². The Labute approximate surface area is 153 Å². The fraction of sp³-hybridized carbons (Fsp3) is 0.0556. The zero-order valence-corrected chi connectivity index (χ0v) is 14.4. The van der Waals surface area contributed by atoms with Crippen molar-refractivity contribution in [1.29, 1.82) is 5.26 Å². The summed E-state index contributed by atoms with van der Waals surface area (Å²) >= 11 is 6.13. The highest BCUT2D eigenvalue weighted by Crippen LogP contribution is 2.35. The number of halogens is 1. The lowest BCUT2D eigenvalue weighted by Crippen LogP contribution is -2.00. The third-order valence-corrected chi connectivity index (χ3v) is 4.13. The largest absolute Gasteiger partial charge is 0.495 e. The number of H-pyrrole nitrogens is 1. The Balaban J connectivity index is 1.92. The molecule has 0 fully saturated rings. The van der Waals surface area contributed by atoms with E-state index in [9.17, 15) is 5.26 Å². The van der Waals surface area contributed by atoms with E-state index in [1.807, 2.05) is 18.2 Å². The van der Waals surface area contributed by atoms with Gasteiger partial charge in [0.25, 0.3) is 0 Å². The van der Waals surface area contributed by atoms with Crippen LogP contribution in [-0.4, -0.2) is 26.7 Å². The molecule has 0 aliphatic rings. The topological polar surface area (TPSA) is 91.0 Å². The number of nitrogens with one attached hydrogen (secondary N) is 2. The van der Waals surface area contributed by atoms with Crippen LogP contribution in [0.25, 0.3) is 17.0 Å². The molecule has 3 heterocycles. The van der Waals surface area contributed by atoms with Crippen LogP contribution in [0.5, 0.6) is 5.75 Å². The zero-order valence-electron chi connectivity index (χ0n) is 13.7. The lowest BCUT2D eigenvalue weighted by atomic mass is 10.2. The molecule has 2 N–H and O–H groups in total. The normalized spacial score (nSPS) is 10.7. The summed E-state index contributed by atoms with van der Waals surface area (Å²) in [6, 6.07) is 13.0. The molecule has 0 atom stereocenters. The van der Waals surface area contributed by atoms with Gasteiger partial charge < -0.3 is 10.1 Å². The second-order valence-corrected chi connectivity index (χ2v) is 5.89. The Kier molecular flexibility index (Phi) is 3.95. The molecule has 0 bridgehead atoms. The second kappa shape index (κ2) is 6.43. The van der Waals surface area contributed by atoms with Gasteiger partial charge >= 0.3 is 0 Å². The van der Waals surface area contributed by atoms with Crippen molar-refractivity contribution in [1.82, 2.24) is 19.6 Å². The van der Waals surface area contributed by atoms with E-state index in [2.05, 4.69) is 26.5 Å². The van der Waals surface area contributed by atoms with E-state index in [1.54, 1.807) is 42.2 Å². The Morgan fingerprint density at radius 1 is 1.31 bits per heavy atom. The van der Waals surface area contributed by atoms with E-state index < -0.39 is 0 Å². The summed E-state index contributed by atoms with van der Waals surface area (Å²) in [5.41, 5.74) is 2.91. The van der Waals surface area contributed by atoms with Crippen LogP contribution in [0, 0.1) is 11.3 Å². The highest BCUT2D eigenvalue weighted by molar-refractivity contribution is 6.31. The molecule has 0 spiro atoms. The number of aromatic nitrogens is 4. The number of aromatic amines is 1. The van der Waals surface area contributed by atoms with Gasteiger partial charge in [0.15, 0.2) is 11.5 Å². The summed E-state index contributed by atoms with van der Waals surface area (Å²) in [7, 11) is 1.59. The number of rotatable bonds is 4. The Bertz CT molecular complexity index is 1130. The molecule has 3 aromatic heterocycles. The number of ether oxygens (including phenoxy) is 1. The number of hydrogen-bond donors (Lipinski definition) is 2. The van der Waals surface area contributed by atoms with Gasteiger partial charge in [-0.15, -0.1) is 0 Å². The molecule has 4 rings (SSSR count). The second-order valence-electron chi connectivity index (χ2n) is 5.45. The summed E-state index contributed by atoms with van der Waals surface area (Å²) in [6.07, 6.45) is 3.29. The molecule has 26 heavy (non-hydrogen) atoms. The first-order chi connectivity index (χ1) is 12.7. The van der Waals surface area contributed by atoms with Crippen molar-refractivity contribution in [2.75, 3.05) is 12.4 Å². The van der Waals surface area contributed by atoms with Crippen LogP contribution in [-0.2, 0) is 0 Å². The summed E-state index contributed by atoms with van der Waals surface area (Å²) < 4.78 is 7.10. The van der Waals surface area contributed by atoms with Crippen LogP contribution in [0.15, 0.2) is 48.8 Å². The Morgan fingerprint density at radius 2 is 2.19 bits per heavy atom. The third-order valence-electron chi connectivity index (χ3n) is 3.90. The number of pyridine rings is 1. The number of hydrogen-bond acceptors (Lipinski definition) is 5. The number of nitrogens with zero attached hydrogens (tertiary/aromatic N) is 4. The van der Waals surface area contributed by atoms with E-state index >= 15 is 0 Å². The van der Waals surface area contributed by atoms with Gasteiger partial charge in [0, 0.05) is 17.4 Å². The van der Waals surface area contributed by atoms with E-state index in [0.717, 1.165) is 0 Å². The minimum atomic E-state index is 0.438. The van der Waals surface area contributed by atoms with Crippen molar-refractivity contribution >= 4 is 28.8 Å². The molecular weight excluding hydrogens is 352 g/mol. The maximum absolute atomic E-state index is 9.31. The highest BCUT2D eigenvalue weighted by atomic mass is 35.5. The van der Waals surface area contributed by atoms with Gasteiger partial charge in [0.2, 0.25) is 0 Å². The minimum Gasteiger partial charge on any atom is -0.495 e. The Hall–Kier alpha value is -3.50. The van der Waals surface area contributed by atoms with Gasteiger partial charge in [-0.25, -0.2) is 9.50 Å². The van der Waals surface area contributed by atoms with Crippen molar-refractivity contribution in [3.63, 3.8) is 0 Å². The van der Waals surface area contributed by atoms with Crippen LogP contribution in [0.4, 0.5) is 11.5 Å². The number of imidazole rings is 1. The van der Waals surface area contributed by atoms with Gasteiger partial charge in [0.05, 0.1) is 18.5 Å². The first kappa shape index (κ1) is 16.0. The SMILES string of the molecule is COc1ccc(Cl)cc1Nc1c(-c2ccccn2)nc2c(C#N)c[nH]n12. The Morgan fingerprint density at radius 3 is 2.92 bits per heavy atom. The van der Waals surface area contributed by atoms with Gasteiger partial charge in [-0.3, -0.25) is 10.1 Å². The molecule has 0 unspecified atom stereocenters. The monoisotopic (exact) mass is 364 g/mol. The molecule has 0 amide bonds. The molecule has 7 nitrogen and oxygen atoms in total. The predicted octanol–water partition coefficient (Wildman–Crippen LogP) is 4.00. The predicted molar refractivity (Wildman–Crippen MR) is 98.8 cm³/mol. The third kappa shape index (κ3) is 2.62. The van der Waals surface area contributed by atoms with Crippen molar-refractivity contribution in [2.24, 2.45) is 0 Å². The van der Waals surface area contributed by atoms with Crippen LogP contribution in [0.3, 0.4) is 0 Å². The maximum Gasteiger partial charge on any atom is 0.173 e. The van der Waals surface area contributed by atoms with Crippen molar-refractivity contribution in [3.05, 3.63) is 59.4 Å². The van der Waals surface area contributed by atoms with Crippen LogP contribution >= 0.6 is 11.6 Å².